The Bertz CT molecular complexity index is 793. The van der Waals surface area contributed by atoms with E-state index in [1.54, 1.807) is 24.3 Å². The molecule has 0 saturated carbocycles. The minimum Gasteiger partial charge on any atom is -0.456 e. The molecule has 0 bridgehead atoms. The van der Waals surface area contributed by atoms with Gasteiger partial charge in [-0.25, -0.2) is 4.79 Å². The van der Waals surface area contributed by atoms with E-state index in [1.165, 1.54) is 6.07 Å². The van der Waals surface area contributed by atoms with Gasteiger partial charge in [0.2, 0.25) is 0 Å². The number of carbonyl (C=O) groups is 1. The molecule has 8 heteroatoms. The summed E-state index contributed by atoms with van der Waals surface area (Å²) < 4.78 is 5.68. The summed E-state index contributed by atoms with van der Waals surface area (Å²) in [6.45, 7) is 0.0527. The van der Waals surface area contributed by atoms with Crippen LogP contribution in [0.5, 0.6) is 0 Å². The van der Waals surface area contributed by atoms with Gasteiger partial charge >= 0.3 is 5.97 Å². The largest absolute Gasteiger partial charge is 0.456 e. The molecule has 0 aliphatic heterocycles. The van der Waals surface area contributed by atoms with E-state index in [1.807, 2.05) is 18.2 Å². The van der Waals surface area contributed by atoms with E-state index in [2.05, 4.69) is 21.1 Å². The summed E-state index contributed by atoms with van der Waals surface area (Å²) in [7, 11) is 0. The van der Waals surface area contributed by atoms with Crippen molar-refractivity contribution in [2.24, 2.45) is 5.16 Å². The lowest BCUT2D eigenvalue weighted by Gasteiger charge is -2.07. The lowest BCUT2D eigenvalue weighted by atomic mass is 10.1. The highest BCUT2D eigenvalue weighted by molar-refractivity contribution is 9.10. The molecule has 25 heavy (non-hydrogen) atoms. The van der Waals surface area contributed by atoms with Gasteiger partial charge in [-0.05, 0) is 18.1 Å². The molecule has 0 amide bonds. The van der Waals surface area contributed by atoms with E-state index in [4.69, 9.17) is 9.94 Å². The monoisotopic (exact) mass is 406 g/mol. The van der Waals surface area contributed by atoms with Gasteiger partial charge in [-0.15, -0.1) is 0 Å². The van der Waals surface area contributed by atoms with Crippen LogP contribution in [0, 0.1) is 10.1 Å². The van der Waals surface area contributed by atoms with Crippen molar-refractivity contribution in [2.75, 3.05) is 0 Å². The van der Waals surface area contributed by atoms with Gasteiger partial charge in [-0.2, -0.15) is 0 Å². The molecule has 1 N–H and O–H groups in total. The average Bonchev–Trinajstić information content (AvgIpc) is 2.62. The fourth-order valence-corrected chi connectivity index (χ4v) is 2.52. The van der Waals surface area contributed by atoms with E-state index in [9.17, 15) is 14.9 Å². The molecule has 2 rings (SSSR count). The fraction of sp³-hybridized carbons (Fsp3) is 0.176. The molecule has 0 spiro atoms. The molecular formula is C17H15BrN2O5. The van der Waals surface area contributed by atoms with Crippen LogP contribution in [0.1, 0.15) is 17.5 Å². The first-order valence-electron chi connectivity index (χ1n) is 7.36. The van der Waals surface area contributed by atoms with Crippen LogP contribution >= 0.6 is 15.9 Å². The molecule has 130 valence electrons. The van der Waals surface area contributed by atoms with Crippen LogP contribution in [-0.4, -0.2) is 21.8 Å². The maximum atomic E-state index is 12.0. The van der Waals surface area contributed by atoms with Crippen LogP contribution in [0.25, 0.3) is 0 Å². The molecule has 0 fully saturated rings. The number of hydrogen-bond acceptors (Lipinski definition) is 6. The van der Waals surface area contributed by atoms with Gasteiger partial charge in [-0.1, -0.05) is 57.5 Å². The summed E-state index contributed by atoms with van der Waals surface area (Å²) in [6.07, 6.45) is 0.190. The second-order valence-corrected chi connectivity index (χ2v) is 6.05. The highest BCUT2D eigenvalue weighted by Crippen LogP contribution is 2.24. The van der Waals surface area contributed by atoms with Crippen LogP contribution in [-0.2, 0) is 22.6 Å². The zero-order valence-electron chi connectivity index (χ0n) is 13.1. The third-order valence-corrected chi connectivity index (χ3v) is 3.94. The van der Waals surface area contributed by atoms with Gasteiger partial charge < -0.3 is 9.94 Å². The normalized spacial score (nSPS) is 11.2. The Labute approximate surface area is 152 Å². The number of halogens is 1. The highest BCUT2D eigenvalue weighted by Gasteiger charge is 2.18. The SMILES string of the molecule is O=C(OCc1ccccc1)C(CCc1ccc(Br)cc1[N+](=O)[O-])=NO. The quantitative estimate of drug-likeness (QED) is 0.247. The standard InChI is InChI=1S/C17H15BrN2O5/c18-14-8-6-13(16(10-14)20(23)24)7-9-15(19-22)17(21)25-11-12-4-2-1-3-5-12/h1-6,8,10,22H,7,9,11H2. The molecule has 0 aromatic heterocycles. The molecule has 2 aromatic rings. The van der Waals surface area contributed by atoms with E-state index < -0.39 is 10.9 Å². The van der Waals surface area contributed by atoms with E-state index >= 15 is 0 Å². The topological polar surface area (TPSA) is 102 Å². The third kappa shape index (κ3) is 5.39. The lowest BCUT2D eigenvalue weighted by Crippen LogP contribution is -2.18. The molecule has 0 unspecified atom stereocenters. The van der Waals surface area contributed by atoms with Crippen molar-refractivity contribution in [3.05, 3.63) is 74.2 Å². The lowest BCUT2D eigenvalue weighted by molar-refractivity contribution is -0.385. The van der Waals surface area contributed by atoms with Crippen molar-refractivity contribution in [2.45, 2.75) is 19.4 Å². The van der Waals surface area contributed by atoms with Crippen molar-refractivity contribution in [1.29, 1.82) is 0 Å². The predicted octanol–water partition coefficient (Wildman–Crippen LogP) is 3.86. The first-order chi connectivity index (χ1) is 12.0. The van der Waals surface area contributed by atoms with Gasteiger partial charge in [0, 0.05) is 22.5 Å². The Kier molecular flexibility index (Phi) is 6.64. The Morgan fingerprint density at radius 1 is 1.24 bits per heavy atom. The smallest absolute Gasteiger partial charge is 0.356 e. The summed E-state index contributed by atoms with van der Waals surface area (Å²) in [5.74, 6) is -0.758. The van der Waals surface area contributed by atoms with Crippen molar-refractivity contribution < 1.29 is 19.7 Å². The highest BCUT2D eigenvalue weighted by atomic mass is 79.9. The molecule has 7 nitrogen and oxygen atoms in total. The summed E-state index contributed by atoms with van der Waals surface area (Å²) in [6, 6.07) is 13.7. The Morgan fingerprint density at radius 2 is 1.96 bits per heavy atom. The molecule has 0 heterocycles. The van der Waals surface area contributed by atoms with Crippen molar-refractivity contribution in [1.82, 2.24) is 0 Å². The third-order valence-electron chi connectivity index (χ3n) is 3.44. The second-order valence-electron chi connectivity index (χ2n) is 5.14. The molecule has 0 aliphatic rings. The number of aryl methyl sites for hydroxylation is 1. The maximum absolute atomic E-state index is 12.0. The molecule has 0 saturated heterocycles. The van der Waals surface area contributed by atoms with Crippen LogP contribution in [0.4, 0.5) is 5.69 Å². The van der Waals surface area contributed by atoms with Gasteiger partial charge in [0.05, 0.1) is 4.92 Å². The number of esters is 1. The predicted molar refractivity (Wildman–Crippen MR) is 94.6 cm³/mol. The van der Waals surface area contributed by atoms with Crippen molar-refractivity contribution in [3.8, 4) is 0 Å². The minimum absolute atomic E-state index is 0.0204. The Hall–Kier alpha value is -2.74. The van der Waals surface area contributed by atoms with Crippen LogP contribution in [0.3, 0.4) is 0 Å². The van der Waals surface area contributed by atoms with Gasteiger partial charge in [-0.3, -0.25) is 10.1 Å². The van der Waals surface area contributed by atoms with Gasteiger partial charge in [0.1, 0.15) is 6.61 Å². The van der Waals surface area contributed by atoms with Crippen LogP contribution in [0.2, 0.25) is 0 Å². The average molecular weight is 407 g/mol. The second kappa shape index (κ2) is 8.93. The maximum Gasteiger partial charge on any atom is 0.356 e. The Balaban J connectivity index is 1.98. The number of ether oxygens (including phenoxy) is 1. The molecule has 0 aliphatic carbocycles. The summed E-state index contributed by atoms with van der Waals surface area (Å²) in [5, 5.41) is 23.1. The number of benzene rings is 2. The molecule has 2 aromatic carbocycles. The number of nitro benzene ring substituents is 1. The minimum atomic E-state index is -0.758. The summed E-state index contributed by atoms with van der Waals surface area (Å²) >= 11 is 3.18. The zero-order valence-corrected chi connectivity index (χ0v) is 14.7. The summed E-state index contributed by atoms with van der Waals surface area (Å²) in [5.41, 5.74) is 0.986. The van der Waals surface area contributed by atoms with Gasteiger partial charge in [0.15, 0.2) is 5.71 Å². The van der Waals surface area contributed by atoms with Crippen LogP contribution in [0.15, 0.2) is 58.2 Å². The van der Waals surface area contributed by atoms with Crippen LogP contribution < -0.4 is 0 Å². The number of hydrogen-bond donors (Lipinski definition) is 1. The number of rotatable bonds is 7. The van der Waals surface area contributed by atoms with Crippen molar-refractivity contribution in [3.63, 3.8) is 0 Å². The van der Waals surface area contributed by atoms with E-state index in [0.29, 0.717) is 10.0 Å². The van der Waals surface area contributed by atoms with E-state index in [0.717, 1.165) is 5.56 Å². The molecule has 0 radical (unpaired) electrons. The fourth-order valence-electron chi connectivity index (χ4n) is 2.17. The zero-order chi connectivity index (χ0) is 18.2. The van der Waals surface area contributed by atoms with Crippen molar-refractivity contribution >= 4 is 33.3 Å². The van der Waals surface area contributed by atoms with Gasteiger partial charge in [0.25, 0.3) is 5.69 Å². The summed E-state index contributed by atoms with van der Waals surface area (Å²) in [4.78, 5) is 22.6. The number of carbonyl (C=O) groups excluding carboxylic acids is 1. The number of oxime groups is 1. The first-order valence-corrected chi connectivity index (χ1v) is 8.15. The molecular weight excluding hydrogens is 392 g/mol. The molecule has 0 atom stereocenters. The van der Waals surface area contributed by atoms with E-state index in [-0.39, 0.29) is 30.8 Å². The first kappa shape index (κ1) is 18.6. The number of nitrogens with zero attached hydrogens (tertiary/aromatic N) is 2. The Morgan fingerprint density at radius 3 is 2.60 bits per heavy atom. The number of nitro groups is 1.